The molecule has 0 aromatic carbocycles. The molecule has 1 unspecified atom stereocenters. The highest BCUT2D eigenvalue weighted by Crippen LogP contribution is 2.31. The molecule has 1 aliphatic rings. The van der Waals surface area contributed by atoms with Gasteiger partial charge in [0, 0.05) is 31.7 Å². The van der Waals surface area contributed by atoms with Crippen molar-refractivity contribution in [2.24, 2.45) is 0 Å². The molecule has 0 spiro atoms. The molecule has 1 atom stereocenters. The van der Waals surface area contributed by atoms with Gasteiger partial charge in [-0.1, -0.05) is 0 Å². The Morgan fingerprint density at radius 3 is 3.00 bits per heavy atom. The van der Waals surface area contributed by atoms with Crippen LogP contribution in [-0.4, -0.2) is 37.1 Å². The zero-order chi connectivity index (χ0) is 13.9. The van der Waals surface area contributed by atoms with E-state index < -0.39 is 0 Å². The van der Waals surface area contributed by atoms with Crippen molar-refractivity contribution < 1.29 is 4.79 Å². The summed E-state index contributed by atoms with van der Waals surface area (Å²) in [5, 5.41) is 4.17. The zero-order valence-corrected chi connectivity index (χ0v) is 11.4. The highest BCUT2D eigenvalue weighted by Gasteiger charge is 2.32. The molecule has 1 saturated heterocycles. The van der Waals surface area contributed by atoms with Gasteiger partial charge in [0.2, 0.25) is 0 Å². The van der Waals surface area contributed by atoms with E-state index in [1.807, 2.05) is 11.8 Å². The van der Waals surface area contributed by atoms with Crippen molar-refractivity contribution in [2.75, 3.05) is 6.54 Å². The van der Waals surface area contributed by atoms with Crippen LogP contribution in [-0.2, 0) is 6.54 Å². The maximum Gasteiger partial charge on any atom is 0.257 e. The summed E-state index contributed by atoms with van der Waals surface area (Å²) in [6, 6.07) is 0.0289. The summed E-state index contributed by atoms with van der Waals surface area (Å²) in [6.07, 6.45) is 10.4. The maximum atomic E-state index is 12.6. The molecule has 1 aliphatic heterocycles. The van der Waals surface area contributed by atoms with Gasteiger partial charge in [0.25, 0.3) is 5.91 Å². The van der Waals surface area contributed by atoms with Crippen LogP contribution in [0.1, 0.15) is 41.9 Å². The minimum atomic E-state index is 0.0258. The number of carbonyl (C=O) groups excluding carboxylic acids is 1. The predicted molar refractivity (Wildman–Crippen MR) is 72.9 cm³/mol. The van der Waals surface area contributed by atoms with Crippen LogP contribution >= 0.6 is 0 Å². The lowest BCUT2D eigenvalue weighted by Gasteiger charge is -2.23. The van der Waals surface area contributed by atoms with Crippen molar-refractivity contribution in [1.29, 1.82) is 0 Å². The van der Waals surface area contributed by atoms with Crippen LogP contribution in [0.3, 0.4) is 0 Å². The summed E-state index contributed by atoms with van der Waals surface area (Å²) < 4.78 is 1.76. The number of carbonyl (C=O) groups is 1. The third kappa shape index (κ3) is 2.29. The molecular formula is C14H17N5O. The van der Waals surface area contributed by atoms with Gasteiger partial charge >= 0.3 is 0 Å². The van der Waals surface area contributed by atoms with Crippen molar-refractivity contribution in [2.45, 2.75) is 32.4 Å². The monoisotopic (exact) mass is 271 g/mol. The first-order valence-corrected chi connectivity index (χ1v) is 6.89. The summed E-state index contributed by atoms with van der Waals surface area (Å²) in [4.78, 5) is 22.9. The Morgan fingerprint density at radius 2 is 2.30 bits per heavy atom. The molecule has 3 rings (SSSR count). The lowest BCUT2D eigenvalue weighted by atomic mass is 10.1. The minimum absolute atomic E-state index is 0.0258. The first-order chi connectivity index (χ1) is 9.79. The van der Waals surface area contributed by atoms with Gasteiger partial charge in [-0.2, -0.15) is 5.10 Å². The Kier molecular flexibility index (Phi) is 3.45. The highest BCUT2D eigenvalue weighted by molar-refractivity contribution is 5.94. The van der Waals surface area contributed by atoms with E-state index in [0.29, 0.717) is 5.56 Å². The van der Waals surface area contributed by atoms with Crippen molar-refractivity contribution >= 4 is 5.91 Å². The molecule has 2 aromatic heterocycles. The quantitative estimate of drug-likeness (QED) is 0.852. The molecular weight excluding hydrogens is 254 g/mol. The predicted octanol–water partition coefficient (Wildman–Crippen LogP) is 1.67. The van der Waals surface area contributed by atoms with Crippen LogP contribution in [0.5, 0.6) is 0 Å². The van der Waals surface area contributed by atoms with Gasteiger partial charge < -0.3 is 4.90 Å². The molecule has 1 amide bonds. The van der Waals surface area contributed by atoms with Crippen LogP contribution in [0.4, 0.5) is 0 Å². The number of rotatable bonds is 3. The van der Waals surface area contributed by atoms with E-state index in [-0.39, 0.29) is 11.9 Å². The maximum absolute atomic E-state index is 12.6. The van der Waals surface area contributed by atoms with Crippen molar-refractivity contribution in [3.05, 3.63) is 42.2 Å². The first kappa shape index (κ1) is 12.8. The van der Waals surface area contributed by atoms with Crippen LogP contribution in [0.2, 0.25) is 0 Å². The number of aromatic nitrogens is 4. The fraction of sp³-hybridized carbons (Fsp3) is 0.429. The molecule has 1 fully saturated rings. The van der Waals surface area contributed by atoms with Crippen LogP contribution in [0, 0.1) is 0 Å². The Balaban J connectivity index is 1.83. The Hall–Kier alpha value is -2.24. The summed E-state index contributed by atoms with van der Waals surface area (Å²) >= 11 is 0. The second kappa shape index (κ2) is 5.40. The summed E-state index contributed by atoms with van der Waals surface area (Å²) in [7, 11) is 0. The Labute approximate surface area is 117 Å². The zero-order valence-electron chi connectivity index (χ0n) is 11.4. The van der Waals surface area contributed by atoms with E-state index in [0.717, 1.165) is 31.6 Å². The average Bonchev–Trinajstić information content (AvgIpc) is 3.16. The van der Waals surface area contributed by atoms with Crippen LogP contribution < -0.4 is 0 Å². The van der Waals surface area contributed by atoms with Gasteiger partial charge in [0.1, 0.15) is 0 Å². The topological polar surface area (TPSA) is 63.9 Å². The lowest BCUT2D eigenvalue weighted by molar-refractivity contribution is 0.0732. The Morgan fingerprint density at radius 1 is 1.40 bits per heavy atom. The minimum Gasteiger partial charge on any atom is -0.330 e. The molecule has 20 heavy (non-hydrogen) atoms. The third-order valence-electron chi connectivity index (χ3n) is 3.64. The van der Waals surface area contributed by atoms with Crippen LogP contribution in [0.25, 0.3) is 0 Å². The number of nitrogens with zero attached hydrogens (tertiary/aromatic N) is 5. The fourth-order valence-electron chi connectivity index (χ4n) is 2.61. The standard InChI is InChI=1S/C14H17N5O/c1-2-18-10-11(8-17-18)14(20)19-7-3-4-13(19)12-9-15-5-6-16-12/h5-6,8-10,13H,2-4,7H2,1H3. The van der Waals surface area contributed by atoms with E-state index in [1.165, 1.54) is 0 Å². The smallest absolute Gasteiger partial charge is 0.257 e. The molecule has 0 saturated carbocycles. The summed E-state index contributed by atoms with van der Waals surface area (Å²) in [5.41, 5.74) is 1.50. The van der Waals surface area contributed by atoms with E-state index in [4.69, 9.17) is 0 Å². The summed E-state index contributed by atoms with van der Waals surface area (Å²) in [6.45, 7) is 3.53. The number of hydrogen-bond acceptors (Lipinski definition) is 4. The second-order valence-electron chi connectivity index (χ2n) is 4.87. The van der Waals surface area contributed by atoms with Gasteiger partial charge in [-0.3, -0.25) is 19.4 Å². The van der Waals surface area contributed by atoms with E-state index in [1.54, 1.807) is 35.7 Å². The molecule has 0 radical (unpaired) electrons. The first-order valence-electron chi connectivity index (χ1n) is 6.89. The van der Waals surface area contributed by atoms with E-state index >= 15 is 0 Å². The molecule has 3 heterocycles. The van der Waals surface area contributed by atoms with Gasteiger partial charge in [-0.15, -0.1) is 0 Å². The van der Waals surface area contributed by atoms with Gasteiger partial charge in [0.05, 0.1) is 29.7 Å². The van der Waals surface area contributed by atoms with Gasteiger partial charge in [0.15, 0.2) is 0 Å². The van der Waals surface area contributed by atoms with Gasteiger partial charge in [-0.25, -0.2) is 0 Å². The fourth-order valence-corrected chi connectivity index (χ4v) is 2.61. The average molecular weight is 271 g/mol. The third-order valence-corrected chi connectivity index (χ3v) is 3.64. The number of aryl methyl sites for hydroxylation is 1. The van der Waals surface area contributed by atoms with Crippen molar-refractivity contribution in [1.82, 2.24) is 24.6 Å². The molecule has 0 aliphatic carbocycles. The van der Waals surface area contributed by atoms with Crippen LogP contribution in [0.15, 0.2) is 31.0 Å². The van der Waals surface area contributed by atoms with Gasteiger partial charge in [-0.05, 0) is 19.8 Å². The molecule has 0 N–H and O–H groups in total. The largest absolute Gasteiger partial charge is 0.330 e. The summed E-state index contributed by atoms with van der Waals surface area (Å²) in [5.74, 6) is 0.0258. The SMILES string of the molecule is CCn1cc(C(=O)N2CCCC2c2cnccn2)cn1. The Bertz CT molecular complexity index is 595. The molecule has 6 nitrogen and oxygen atoms in total. The number of amides is 1. The van der Waals surface area contributed by atoms with Crippen molar-refractivity contribution in [3.8, 4) is 0 Å². The lowest BCUT2D eigenvalue weighted by Crippen LogP contribution is -2.30. The number of likely N-dealkylation sites (tertiary alicyclic amines) is 1. The number of hydrogen-bond donors (Lipinski definition) is 0. The molecule has 6 heteroatoms. The molecule has 0 bridgehead atoms. The highest BCUT2D eigenvalue weighted by atomic mass is 16.2. The van der Waals surface area contributed by atoms with E-state index in [2.05, 4.69) is 15.1 Å². The molecule has 104 valence electrons. The van der Waals surface area contributed by atoms with E-state index in [9.17, 15) is 4.79 Å². The normalized spacial score (nSPS) is 18.4. The second-order valence-corrected chi connectivity index (χ2v) is 4.87. The van der Waals surface area contributed by atoms with Crippen molar-refractivity contribution in [3.63, 3.8) is 0 Å². The molecule has 2 aromatic rings.